The molecule has 0 saturated carbocycles. The van der Waals surface area contributed by atoms with Crippen LogP contribution in [0.15, 0.2) is 66.7 Å². The fourth-order valence-electron chi connectivity index (χ4n) is 4.82. The standard InChI is InChI=1S/C27H23BN2O2/c1-26(2)27(3,4)32-28(31-26)20-14-19-11-10-18-12-17(16-29)13-22-24(18)25(19)23(15-20)30(22)21-8-6-5-7-9-21/h5-15H,1-4H3. The minimum Gasteiger partial charge on any atom is -0.399 e. The van der Waals surface area contributed by atoms with Gasteiger partial charge in [0.2, 0.25) is 0 Å². The lowest BCUT2D eigenvalue weighted by molar-refractivity contribution is 0.00578. The van der Waals surface area contributed by atoms with Crippen LogP contribution in [0.2, 0.25) is 0 Å². The zero-order valence-corrected chi connectivity index (χ0v) is 18.6. The summed E-state index contributed by atoms with van der Waals surface area (Å²) < 4.78 is 15.0. The second-order valence-corrected chi connectivity index (χ2v) is 9.67. The van der Waals surface area contributed by atoms with Crippen molar-refractivity contribution in [2.24, 2.45) is 0 Å². The van der Waals surface area contributed by atoms with E-state index in [4.69, 9.17) is 9.31 Å². The van der Waals surface area contributed by atoms with Gasteiger partial charge in [-0.3, -0.25) is 0 Å². The van der Waals surface area contributed by atoms with Crippen LogP contribution in [-0.4, -0.2) is 22.9 Å². The molecule has 1 aliphatic heterocycles. The zero-order valence-electron chi connectivity index (χ0n) is 18.6. The first-order valence-corrected chi connectivity index (χ1v) is 10.9. The fraction of sp³-hybridized carbons (Fsp3) is 0.222. The Morgan fingerprint density at radius 2 is 1.38 bits per heavy atom. The van der Waals surface area contributed by atoms with Gasteiger partial charge in [0, 0.05) is 16.5 Å². The fourth-order valence-corrected chi connectivity index (χ4v) is 4.82. The van der Waals surface area contributed by atoms with Crippen LogP contribution in [-0.2, 0) is 9.31 Å². The molecule has 1 aromatic heterocycles. The van der Waals surface area contributed by atoms with Crippen molar-refractivity contribution in [3.8, 4) is 11.8 Å². The molecule has 0 bridgehead atoms. The van der Waals surface area contributed by atoms with Gasteiger partial charge in [0.25, 0.3) is 0 Å². The topological polar surface area (TPSA) is 47.2 Å². The molecule has 5 aromatic rings. The van der Waals surface area contributed by atoms with Crippen molar-refractivity contribution in [1.29, 1.82) is 5.26 Å². The predicted octanol–water partition coefficient (Wildman–Crippen LogP) is 5.55. The number of benzene rings is 4. The van der Waals surface area contributed by atoms with E-state index in [0.717, 1.165) is 33.0 Å². The summed E-state index contributed by atoms with van der Waals surface area (Å²) in [6.45, 7) is 8.30. The summed E-state index contributed by atoms with van der Waals surface area (Å²) in [5.41, 5.74) is 4.05. The molecule has 2 heterocycles. The number of aromatic nitrogens is 1. The Kier molecular flexibility index (Phi) is 3.84. The highest BCUT2D eigenvalue weighted by Crippen LogP contribution is 2.41. The average molecular weight is 418 g/mol. The Morgan fingerprint density at radius 3 is 2.00 bits per heavy atom. The molecule has 156 valence electrons. The SMILES string of the molecule is CC1(C)OB(c2cc3ccc4cc(C#N)cc5c4c3c(c2)n5-c2ccccc2)OC1(C)C. The highest BCUT2D eigenvalue weighted by atomic mass is 16.7. The lowest BCUT2D eigenvalue weighted by Gasteiger charge is -2.32. The summed E-state index contributed by atoms with van der Waals surface area (Å²) in [4.78, 5) is 0. The maximum Gasteiger partial charge on any atom is 0.494 e. The Hall–Kier alpha value is -3.33. The summed E-state index contributed by atoms with van der Waals surface area (Å²) in [7, 11) is -0.438. The molecule has 5 heteroatoms. The molecule has 4 nitrogen and oxygen atoms in total. The van der Waals surface area contributed by atoms with Crippen LogP contribution in [0.1, 0.15) is 33.3 Å². The Morgan fingerprint density at radius 1 is 0.781 bits per heavy atom. The molecular formula is C27H23BN2O2. The molecule has 0 spiro atoms. The van der Waals surface area contributed by atoms with Crippen molar-refractivity contribution >= 4 is 45.2 Å². The third kappa shape index (κ3) is 2.57. The van der Waals surface area contributed by atoms with Gasteiger partial charge in [0.05, 0.1) is 33.9 Å². The van der Waals surface area contributed by atoms with Crippen LogP contribution in [0.4, 0.5) is 0 Å². The van der Waals surface area contributed by atoms with Crippen LogP contribution in [0.3, 0.4) is 0 Å². The molecule has 32 heavy (non-hydrogen) atoms. The van der Waals surface area contributed by atoms with Gasteiger partial charge < -0.3 is 13.9 Å². The summed E-state index contributed by atoms with van der Waals surface area (Å²) in [5.74, 6) is 0. The van der Waals surface area contributed by atoms with Gasteiger partial charge in [-0.2, -0.15) is 5.26 Å². The molecule has 0 aliphatic carbocycles. The maximum absolute atomic E-state index is 9.64. The molecule has 0 radical (unpaired) electrons. The third-order valence-corrected chi connectivity index (χ3v) is 7.16. The molecule has 1 saturated heterocycles. The monoisotopic (exact) mass is 418 g/mol. The highest BCUT2D eigenvalue weighted by molar-refractivity contribution is 6.62. The first-order valence-electron chi connectivity index (χ1n) is 10.9. The van der Waals surface area contributed by atoms with Crippen molar-refractivity contribution in [3.05, 3.63) is 72.3 Å². The van der Waals surface area contributed by atoms with Crippen LogP contribution in [0, 0.1) is 11.3 Å². The number of nitriles is 1. The van der Waals surface area contributed by atoms with E-state index in [0.29, 0.717) is 5.56 Å². The van der Waals surface area contributed by atoms with Gasteiger partial charge in [-0.25, -0.2) is 0 Å². The zero-order chi connectivity index (χ0) is 22.3. The molecular weight excluding hydrogens is 395 g/mol. The summed E-state index contributed by atoms with van der Waals surface area (Å²) in [6, 6.07) is 25.2. The van der Waals surface area contributed by atoms with E-state index < -0.39 is 18.3 Å². The maximum atomic E-state index is 9.64. The lowest BCUT2D eigenvalue weighted by atomic mass is 9.78. The normalized spacial score (nSPS) is 17.5. The summed E-state index contributed by atoms with van der Waals surface area (Å²) >= 11 is 0. The van der Waals surface area contributed by atoms with Crippen molar-refractivity contribution in [2.45, 2.75) is 38.9 Å². The van der Waals surface area contributed by atoms with E-state index in [1.807, 2.05) is 30.3 Å². The van der Waals surface area contributed by atoms with Crippen molar-refractivity contribution in [1.82, 2.24) is 4.57 Å². The number of hydrogen-bond acceptors (Lipinski definition) is 3. The largest absolute Gasteiger partial charge is 0.494 e. The summed E-state index contributed by atoms with van der Waals surface area (Å²) in [6.07, 6.45) is 0. The second kappa shape index (κ2) is 6.35. The first-order chi connectivity index (χ1) is 15.3. The quantitative estimate of drug-likeness (QED) is 0.279. The number of para-hydroxylation sites is 1. The van der Waals surface area contributed by atoms with Crippen LogP contribution in [0.5, 0.6) is 0 Å². The van der Waals surface area contributed by atoms with Crippen LogP contribution < -0.4 is 5.46 Å². The van der Waals surface area contributed by atoms with Gasteiger partial charge in [-0.05, 0) is 74.3 Å². The van der Waals surface area contributed by atoms with Gasteiger partial charge in [0.1, 0.15) is 0 Å². The Labute approximate surface area is 187 Å². The molecule has 0 amide bonds. The molecule has 0 unspecified atom stereocenters. The second-order valence-electron chi connectivity index (χ2n) is 9.67. The highest BCUT2D eigenvalue weighted by Gasteiger charge is 2.51. The van der Waals surface area contributed by atoms with E-state index in [2.05, 4.69) is 74.7 Å². The molecule has 0 atom stereocenters. The summed E-state index contributed by atoms with van der Waals surface area (Å²) in [5, 5.41) is 14.2. The average Bonchev–Trinajstić information content (AvgIpc) is 3.22. The Bertz CT molecular complexity index is 1530. The van der Waals surface area contributed by atoms with E-state index >= 15 is 0 Å². The van der Waals surface area contributed by atoms with Crippen molar-refractivity contribution in [2.75, 3.05) is 0 Å². The van der Waals surface area contributed by atoms with Crippen molar-refractivity contribution in [3.63, 3.8) is 0 Å². The number of nitrogens with zero attached hydrogens (tertiary/aromatic N) is 2. The molecule has 6 rings (SSSR count). The molecule has 1 fully saturated rings. The van der Waals surface area contributed by atoms with Gasteiger partial charge in [-0.15, -0.1) is 0 Å². The molecule has 1 aliphatic rings. The third-order valence-electron chi connectivity index (χ3n) is 7.16. The minimum absolute atomic E-state index is 0.402. The van der Waals surface area contributed by atoms with E-state index in [1.165, 1.54) is 10.8 Å². The Balaban J connectivity index is 1.70. The van der Waals surface area contributed by atoms with Gasteiger partial charge >= 0.3 is 7.12 Å². The minimum atomic E-state index is -0.438. The van der Waals surface area contributed by atoms with Crippen LogP contribution in [0.25, 0.3) is 38.3 Å². The predicted molar refractivity (Wildman–Crippen MR) is 130 cm³/mol. The van der Waals surface area contributed by atoms with E-state index in [9.17, 15) is 5.26 Å². The first kappa shape index (κ1) is 19.4. The smallest absolute Gasteiger partial charge is 0.399 e. The van der Waals surface area contributed by atoms with Crippen LogP contribution >= 0.6 is 0 Å². The molecule has 4 aromatic carbocycles. The number of rotatable bonds is 2. The van der Waals surface area contributed by atoms with Gasteiger partial charge in [0.15, 0.2) is 0 Å². The number of hydrogen-bond donors (Lipinski definition) is 0. The molecule has 0 N–H and O–H groups in total. The van der Waals surface area contributed by atoms with Crippen molar-refractivity contribution < 1.29 is 9.31 Å². The van der Waals surface area contributed by atoms with E-state index in [1.54, 1.807) is 0 Å². The van der Waals surface area contributed by atoms with Gasteiger partial charge in [-0.1, -0.05) is 36.4 Å². The lowest BCUT2D eigenvalue weighted by Crippen LogP contribution is -2.41. The van der Waals surface area contributed by atoms with E-state index in [-0.39, 0.29) is 0 Å².